The molecule has 2 fully saturated rings. The quantitative estimate of drug-likeness (QED) is 0.762. The standard InChI is InChI=1S/C19H23N5O4/c1-12-3-4-13-14(9-12)21-15(20-13)10-28-11-16(25)24-7-5-19(6-8-24)17(26)23(2)18(27)22-19/h3-4,9H,5-8,10-11H2,1-2H3,(H,20,21)(H,22,27). The first-order chi connectivity index (χ1) is 13.4. The molecule has 0 aliphatic carbocycles. The van der Waals surface area contributed by atoms with Gasteiger partial charge in [0.05, 0.1) is 11.0 Å². The van der Waals surface area contributed by atoms with Crippen LogP contribution in [-0.4, -0.2) is 69.9 Å². The average Bonchev–Trinajstić information content (AvgIpc) is 3.16. The van der Waals surface area contributed by atoms with Crippen molar-refractivity contribution in [2.75, 3.05) is 26.7 Å². The van der Waals surface area contributed by atoms with E-state index < -0.39 is 5.54 Å². The van der Waals surface area contributed by atoms with Crippen molar-refractivity contribution >= 4 is 28.9 Å². The van der Waals surface area contributed by atoms with E-state index in [4.69, 9.17) is 4.74 Å². The van der Waals surface area contributed by atoms with Crippen LogP contribution in [0.4, 0.5) is 4.79 Å². The number of fused-ring (bicyclic) bond motifs is 1. The number of hydrogen-bond acceptors (Lipinski definition) is 5. The molecule has 2 aromatic rings. The van der Waals surface area contributed by atoms with Gasteiger partial charge in [-0.15, -0.1) is 0 Å². The van der Waals surface area contributed by atoms with Gasteiger partial charge < -0.3 is 19.9 Å². The Morgan fingerprint density at radius 1 is 1.29 bits per heavy atom. The summed E-state index contributed by atoms with van der Waals surface area (Å²) < 4.78 is 5.54. The number of benzene rings is 1. The van der Waals surface area contributed by atoms with Crippen LogP contribution in [0.15, 0.2) is 18.2 Å². The molecule has 0 saturated carbocycles. The number of rotatable bonds is 4. The fourth-order valence-corrected chi connectivity index (χ4v) is 3.80. The van der Waals surface area contributed by atoms with E-state index in [0.717, 1.165) is 21.5 Å². The number of ether oxygens (including phenoxy) is 1. The number of carbonyl (C=O) groups is 3. The summed E-state index contributed by atoms with van der Waals surface area (Å²) in [6, 6.07) is 5.57. The lowest BCUT2D eigenvalue weighted by molar-refractivity contribution is -0.141. The van der Waals surface area contributed by atoms with Crippen molar-refractivity contribution < 1.29 is 19.1 Å². The zero-order chi connectivity index (χ0) is 19.9. The van der Waals surface area contributed by atoms with Crippen molar-refractivity contribution in [3.05, 3.63) is 29.6 Å². The summed E-state index contributed by atoms with van der Waals surface area (Å²) in [5.74, 6) is 0.321. The zero-order valence-electron chi connectivity index (χ0n) is 15.9. The molecule has 2 aliphatic heterocycles. The predicted octanol–water partition coefficient (Wildman–Crippen LogP) is 0.931. The van der Waals surface area contributed by atoms with Crippen molar-refractivity contribution in [3.63, 3.8) is 0 Å². The largest absolute Gasteiger partial charge is 0.364 e. The molecule has 9 nitrogen and oxygen atoms in total. The molecule has 0 radical (unpaired) electrons. The minimum Gasteiger partial charge on any atom is -0.364 e. The molecule has 4 amide bonds. The Morgan fingerprint density at radius 2 is 2.04 bits per heavy atom. The molecule has 1 spiro atoms. The number of nitrogens with zero attached hydrogens (tertiary/aromatic N) is 3. The fourth-order valence-electron chi connectivity index (χ4n) is 3.80. The number of hydrogen-bond donors (Lipinski definition) is 2. The minimum absolute atomic E-state index is 0.0523. The summed E-state index contributed by atoms with van der Waals surface area (Å²) in [6.45, 7) is 3.00. The van der Waals surface area contributed by atoms with Crippen molar-refractivity contribution in [2.45, 2.75) is 31.9 Å². The van der Waals surface area contributed by atoms with Crippen molar-refractivity contribution in [1.82, 2.24) is 25.1 Å². The number of nitrogens with one attached hydrogen (secondary N) is 2. The SMILES string of the molecule is Cc1ccc2nc(COCC(=O)N3CCC4(CC3)NC(=O)N(C)C4=O)[nH]c2c1. The highest BCUT2D eigenvalue weighted by Crippen LogP contribution is 2.28. The fraction of sp³-hybridized carbons (Fsp3) is 0.474. The summed E-state index contributed by atoms with van der Waals surface area (Å²) in [5.41, 5.74) is 2.09. The summed E-state index contributed by atoms with van der Waals surface area (Å²) in [6.07, 6.45) is 0.827. The number of imidazole rings is 1. The number of carbonyl (C=O) groups excluding carboxylic acids is 3. The number of aromatic amines is 1. The molecule has 0 bridgehead atoms. The van der Waals surface area contributed by atoms with Gasteiger partial charge in [-0.2, -0.15) is 0 Å². The van der Waals surface area contributed by atoms with Gasteiger partial charge in [0, 0.05) is 20.1 Å². The second-order valence-corrected chi connectivity index (χ2v) is 7.45. The number of likely N-dealkylation sites (N-methyl/N-ethyl adjacent to an activating group) is 1. The van der Waals surface area contributed by atoms with E-state index in [2.05, 4.69) is 15.3 Å². The lowest BCUT2D eigenvalue weighted by atomic mass is 9.87. The molecule has 1 aromatic heterocycles. The van der Waals surface area contributed by atoms with E-state index >= 15 is 0 Å². The maximum atomic E-state index is 12.4. The molecule has 2 N–H and O–H groups in total. The molecule has 0 atom stereocenters. The van der Waals surface area contributed by atoms with Crippen LogP contribution in [0.25, 0.3) is 11.0 Å². The number of piperidine rings is 1. The third-order valence-corrected chi connectivity index (χ3v) is 5.49. The van der Waals surface area contributed by atoms with Crippen molar-refractivity contribution in [2.24, 2.45) is 0 Å². The van der Waals surface area contributed by atoms with Crippen LogP contribution >= 0.6 is 0 Å². The Bertz CT molecular complexity index is 945. The first kappa shape index (κ1) is 18.4. The second-order valence-electron chi connectivity index (χ2n) is 7.45. The molecule has 28 heavy (non-hydrogen) atoms. The highest BCUT2D eigenvalue weighted by atomic mass is 16.5. The van der Waals surface area contributed by atoms with Gasteiger partial charge in [0.15, 0.2) is 0 Å². The third-order valence-electron chi connectivity index (χ3n) is 5.49. The molecule has 148 valence electrons. The smallest absolute Gasteiger partial charge is 0.324 e. The van der Waals surface area contributed by atoms with Gasteiger partial charge >= 0.3 is 6.03 Å². The van der Waals surface area contributed by atoms with E-state index in [1.807, 2.05) is 25.1 Å². The molecule has 2 aliphatic rings. The molecule has 4 rings (SSSR count). The van der Waals surface area contributed by atoms with Gasteiger partial charge in [0.25, 0.3) is 5.91 Å². The van der Waals surface area contributed by atoms with E-state index in [0.29, 0.717) is 31.8 Å². The van der Waals surface area contributed by atoms with Crippen molar-refractivity contribution in [1.29, 1.82) is 0 Å². The summed E-state index contributed by atoms with van der Waals surface area (Å²) in [4.78, 5) is 46.8. The van der Waals surface area contributed by atoms with Crippen LogP contribution < -0.4 is 5.32 Å². The summed E-state index contributed by atoms with van der Waals surface area (Å²) in [5, 5.41) is 2.77. The number of aryl methyl sites for hydroxylation is 1. The van der Waals surface area contributed by atoms with Crippen LogP contribution in [0.3, 0.4) is 0 Å². The number of amides is 4. The number of aromatic nitrogens is 2. The Balaban J connectivity index is 1.28. The maximum absolute atomic E-state index is 12.4. The molecule has 9 heteroatoms. The molecular weight excluding hydrogens is 362 g/mol. The Morgan fingerprint density at radius 3 is 2.71 bits per heavy atom. The van der Waals surface area contributed by atoms with Gasteiger partial charge in [0.1, 0.15) is 24.6 Å². The molecule has 2 saturated heterocycles. The Hall–Kier alpha value is -2.94. The maximum Gasteiger partial charge on any atom is 0.324 e. The topological polar surface area (TPSA) is 108 Å². The highest BCUT2D eigenvalue weighted by molar-refractivity contribution is 6.06. The summed E-state index contributed by atoms with van der Waals surface area (Å²) in [7, 11) is 1.47. The van der Waals surface area contributed by atoms with Crippen LogP contribution in [0.2, 0.25) is 0 Å². The van der Waals surface area contributed by atoms with Crippen molar-refractivity contribution in [3.8, 4) is 0 Å². The number of imide groups is 1. The minimum atomic E-state index is -0.865. The number of likely N-dealkylation sites (tertiary alicyclic amines) is 1. The normalized spacial score (nSPS) is 18.9. The lowest BCUT2D eigenvalue weighted by Gasteiger charge is -2.37. The highest BCUT2D eigenvalue weighted by Gasteiger charge is 2.51. The monoisotopic (exact) mass is 385 g/mol. The predicted molar refractivity (Wildman–Crippen MR) is 100 cm³/mol. The summed E-state index contributed by atoms with van der Waals surface area (Å²) >= 11 is 0. The van der Waals surface area contributed by atoms with Crippen LogP contribution in [0, 0.1) is 6.92 Å². The first-order valence-electron chi connectivity index (χ1n) is 9.29. The van der Waals surface area contributed by atoms with Crippen LogP contribution in [0.1, 0.15) is 24.2 Å². The van der Waals surface area contributed by atoms with E-state index in [1.54, 1.807) is 4.90 Å². The number of urea groups is 1. The van der Waals surface area contributed by atoms with Gasteiger partial charge in [-0.25, -0.2) is 9.78 Å². The second kappa shape index (κ2) is 6.90. The van der Waals surface area contributed by atoms with Gasteiger partial charge in [-0.1, -0.05) is 6.07 Å². The molecular formula is C19H23N5O4. The van der Waals surface area contributed by atoms with Gasteiger partial charge in [0.2, 0.25) is 5.91 Å². The van der Waals surface area contributed by atoms with E-state index in [9.17, 15) is 14.4 Å². The molecule has 1 aromatic carbocycles. The zero-order valence-corrected chi connectivity index (χ0v) is 15.9. The Labute approximate surface area is 162 Å². The third kappa shape index (κ3) is 3.22. The van der Waals surface area contributed by atoms with Gasteiger partial charge in [-0.3, -0.25) is 14.5 Å². The average molecular weight is 385 g/mol. The van der Waals surface area contributed by atoms with E-state index in [1.165, 1.54) is 7.05 Å². The molecule has 0 unspecified atom stereocenters. The first-order valence-corrected chi connectivity index (χ1v) is 9.29. The van der Waals surface area contributed by atoms with Gasteiger partial charge in [-0.05, 0) is 37.5 Å². The van der Waals surface area contributed by atoms with Crippen LogP contribution in [0.5, 0.6) is 0 Å². The lowest BCUT2D eigenvalue weighted by Crippen LogP contribution is -2.56. The Kier molecular flexibility index (Phi) is 4.54. The van der Waals surface area contributed by atoms with Crippen LogP contribution in [-0.2, 0) is 20.9 Å². The number of H-pyrrole nitrogens is 1. The van der Waals surface area contributed by atoms with E-state index in [-0.39, 0.29) is 31.1 Å². The molecule has 3 heterocycles.